The minimum atomic E-state index is -1.32. The third-order valence-corrected chi connectivity index (χ3v) is 7.71. The first-order valence-electron chi connectivity index (χ1n) is 15.9. The van der Waals surface area contributed by atoms with Gasteiger partial charge in [0.2, 0.25) is 23.4 Å². The molecule has 1 aromatic heterocycles. The highest BCUT2D eigenvalue weighted by atomic mass is 19.1. The molecule has 3 aromatic carbocycles. The van der Waals surface area contributed by atoms with E-state index >= 15 is 4.39 Å². The maximum atomic E-state index is 15.4. The number of carbonyl (C=O) groups is 3. The van der Waals surface area contributed by atoms with Crippen molar-refractivity contribution >= 4 is 40.2 Å². The van der Waals surface area contributed by atoms with Crippen LogP contribution in [-0.2, 0) is 14.3 Å². The molecule has 0 atom stereocenters. The molecule has 0 saturated heterocycles. The molecule has 50 heavy (non-hydrogen) atoms. The lowest BCUT2D eigenvalue weighted by atomic mass is 10.0. The van der Waals surface area contributed by atoms with E-state index in [0.717, 1.165) is 6.07 Å². The molecule has 1 fully saturated rings. The third kappa shape index (κ3) is 7.77. The lowest BCUT2D eigenvalue weighted by molar-refractivity contribution is -0.131. The number of amides is 3. The number of nitrogens with zero attached hydrogens (tertiary/aromatic N) is 2. The van der Waals surface area contributed by atoms with Crippen LogP contribution in [0.5, 0.6) is 28.9 Å². The number of hydrogen-bond acceptors (Lipinski definition) is 10. The Morgan fingerprint density at radius 1 is 0.880 bits per heavy atom. The van der Waals surface area contributed by atoms with Gasteiger partial charge in [-0.25, -0.2) is 23.5 Å². The van der Waals surface area contributed by atoms with Crippen molar-refractivity contribution in [2.24, 2.45) is 5.41 Å². The van der Waals surface area contributed by atoms with Crippen molar-refractivity contribution in [3.05, 3.63) is 66.5 Å². The zero-order valence-corrected chi connectivity index (χ0v) is 27.6. The summed E-state index contributed by atoms with van der Waals surface area (Å²) < 4.78 is 57.5. The molecule has 4 aromatic rings. The van der Waals surface area contributed by atoms with Gasteiger partial charge in [-0.2, -0.15) is 0 Å². The van der Waals surface area contributed by atoms with Gasteiger partial charge in [-0.1, -0.05) is 0 Å². The molecule has 1 saturated carbocycles. The van der Waals surface area contributed by atoms with Gasteiger partial charge in [0.05, 0.1) is 12.1 Å². The van der Waals surface area contributed by atoms with Crippen molar-refractivity contribution in [3.63, 3.8) is 0 Å². The summed E-state index contributed by atoms with van der Waals surface area (Å²) in [7, 11) is 0. The lowest BCUT2D eigenvalue weighted by Crippen LogP contribution is -2.35. The smallest absolute Gasteiger partial charge is 0.407 e. The largest absolute Gasteiger partial charge is 0.489 e. The SMILES string of the molecule is CC(C)(C)OC(=O)NCCCOc1cc2ncnc(Oc3ccc(NC(=O)C4(C(=O)Nc5ccc(F)cc5)CC4)cc3F)c2c2c1OCCO2. The van der Waals surface area contributed by atoms with Crippen LogP contribution in [0.1, 0.15) is 40.0 Å². The predicted octanol–water partition coefficient (Wildman–Crippen LogP) is 6.12. The molecule has 15 heteroatoms. The fourth-order valence-corrected chi connectivity index (χ4v) is 5.11. The maximum absolute atomic E-state index is 15.4. The van der Waals surface area contributed by atoms with Crippen molar-refractivity contribution < 1.29 is 46.8 Å². The average molecular weight is 692 g/mol. The van der Waals surface area contributed by atoms with Crippen molar-refractivity contribution in [2.45, 2.75) is 45.6 Å². The minimum absolute atomic E-state index is 0.00468. The first kappa shape index (κ1) is 34.1. The maximum Gasteiger partial charge on any atom is 0.407 e. The zero-order valence-electron chi connectivity index (χ0n) is 27.6. The Balaban J connectivity index is 1.13. The molecule has 0 bridgehead atoms. The number of carbonyl (C=O) groups excluding carboxylic acids is 3. The number of alkyl carbamates (subject to hydrolysis) is 1. The summed E-state index contributed by atoms with van der Waals surface area (Å²) in [5, 5.41) is 8.25. The van der Waals surface area contributed by atoms with E-state index in [1.807, 2.05) is 0 Å². The van der Waals surface area contributed by atoms with Gasteiger partial charge in [-0.15, -0.1) is 0 Å². The number of fused-ring (bicyclic) bond motifs is 3. The first-order chi connectivity index (χ1) is 23.9. The highest BCUT2D eigenvalue weighted by Gasteiger charge is 2.56. The second-order valence-electron chi connectivity index (χ2n) is 12.7. The molecule has 3 N–H and O–H groups in total. The Hall–Kier alpha value is -5.73. The van der Waals surface area contributed by atoms with E-state index in [1.54, 1.807) is 26.8 Å². The standard InChI is InChI=1S/C35H35F2N5O8/c1-34(2,3)50-33(45)38-13-4-14-46-26-18-24-27(29-28(26)47-15-16-48-29)30(40-19-39-24)49-25-10-9-22(17-23(25)37)42-32(44)35(11-12-35)31(43)41-21-7-5-20(36)6-8-21/h5-10,17-19H,4,11-16H2,1-3H3,(H,38,45)(H,41,43)(H,42,44). The van der Waals surface area contributed by atoms with Gasteiger partial charge in [0.1, 0.15) is 41.8 Å². The monoisotopic (exact) mass is 691 g/mol. The summed E-state index contributed by atoms with van der Waals surface area (Å²) in [5.41, 5.74) is -1.06. The Labute approximate surface area is 285 Å². The fourth-order valence-electron chi connectivity index (χ4n) is 5.11. The van der Waals surface area contributed by atoms with Crippen molar-refractivity contribution in [1.82, 2.24) is 15.3 Å². The van der Waals surface area contributed by atoms with Crippen LogP contribution in [0.15, 0.2) is 54.9 Å². The van der Waals surface area contributed by atoms with Gasteiger partial charge >= 0.3 is 6.09 Å². The predicted molar refractivity (Wildman–Crippen MR) is 177 cm³/mol. The summed E-state index contributed by atoms with van der Waals surface area (Å²) in [6.07, 6.45) is 1.83. The molecule has 13 nitrogen and oxygen atoms in total. The summed E-state index contributed by atoms with van der Waals surface area (Å²) in [6.45, 7) is 6.39. The Kier molecular flexibility index (Phi) is 9.57. The number of aromatic nitrogens is 2. The minimum Gasteiger partial charge on any atom is -0.489 e. The molecule has 0 spiro atoms. The molecule has 3 amide bonds. The summed E-state index contributed by atoms with van der Waals surface area (Å²) in [6, 6.07) is 10.7. The van der Waals surface area contributed by atoms with Crippen molar-refractivity contribution in [1.29, 1.82) is 0 Å². The number of rotatable bonds is 11. The Morgan fingerprint density at radius 2 is 1.56 bits per heavy atom. The van der Waals surface area contributed by atoms with Gasteiger partial charge in [-0.3, -0.25) is 9.59 Å². The van der Waals surface area contributed by atoms with E-state index in [4.69, 9.17) is 23.7 Å². The van der Waals surface area contributed by atoms with E-state index in [2.05, 4.69) is 25.9 Å². The normalized spacial score (nSPS) is 14.3. The zero-order chi connectivity index (χ0) is 35.5. The molecule has 0 radical (unpaired) electrons. The summed E-state index contributed by atoms with van der Waals surface area (Å²) in [4.78, 5) is 46.4. The quantitative estimate of drug-likeness (QED) is 0.124. The third-order valence-electron chi connectivity index (χ3n) is 7.71. The van der Waals surface area contributed by atoms with Crippen LogP contribution in [0, 0.1) is 17.0 Å². The molecule has 2 heterocycles. The van der Waals surface area contributed by atoms with Gasteiger partial charge < -0.3 is 39.6 Å². The molecule has 1 aliphatic carbocycles. The molecule has 2 aliphatic rings. The van der Waals surface area contributed by atoms with E-state index in [9.17, 15) is 18.8 Å². The number of benzene rings is 3. The number of nitrogens with one attached hydrogen (secondary N) is 3. The topological polar surface area (TPSA) is 159 Å². The molecule has 1 aliphatic heterocycles. The van der Waals surface area contributed by atoms with Crippen molar-refractivity contribution in [3.8, 4) is 28.9 Å². The van der Waals surface area contributed by atoms with Gasteiger partial charge in [0.15, 0.2) is 23.1 Å². The summed E-state index contributed by atoms with van der Waals surface area (Å²) in [5.74, 6) is -1.64. The second-order valence-corrected chi connectivity index (χ2v) is 12.7. The van der Waals surface area contributed by atoms with E-state index in [0.29, 0.717) is 53.9 Å². The highest BCUT2D eigenvalue weighted by molar-refractivity contribution is 6.16. The van der Waals surface area contributed by atoms with E-state index < -0.39 is 40.6 Å². The second kappa shape index (κ2) is 14.0. The fraction of sp³-hybridized carbons (Fsp3) is 0.343. The van der Waals surface area contributed by atoms with Crippen LogP contribution in [0.2, 0.25) is 0 Å². The van der Waals surface area contributed by atoms with E-state index in [1.165, 1.54) is 42.7 Å². The molecular formula is C35H35F2N5O8. The Morgan fingerprint density at radius 3 is 2.24 bits per heavy atom. The lowest BCUT2D eigenvalue weighted by Gasteiger charge is -2.23. The number of halogens is 2. The number of ether oxygens (including phenoxy) is 5. The number of hydrogen-bond donors (Lipinski definition) is 3. The molecule has 0 unspecified atom stereocenters. The van der Waals surface area contributed by atoms with Crippen LogP contribution in [0.3, 0.4) is 0 Å². The Bertz CT molecular complexity index is 1930. The molecular weight excluding hydrogens is 656 g/mol. The van der Waals surface area contributed by atoms with Crippen molar-refractivity contribution in [2.75, 3.05) is 37.0 Å². The summed E-state index contributed by atoms with van der Waals surface area (Å²) >= 11 is 0. The first-order valence-corrected chi connectivity index (χ1v) is 15.9. The van der Waals surface area contributed by atoms with Crippen LogP contribution >= 0.6 is 0 Å². The van der Waals surface area contributed by atoms with Crippen LogP contribution < -0.4 is 34.9 Å². The van der Waals surface area contributed by atoms with Crippen LogP contribution in [0.4, 0.5) is 25.0 Å². The molecule has 6 rings (SSSR count). The van der Waals surface area contributed by atoms with E-state index in [-0.39, 0.29) is 42.9 Å². The molecule has 262 valence electrons. The average Bonchev–Trinajstić information content (AvgIpc) is 3.89. The van der Waals surface area contributed by atoms with Gasteiger partial charge in [-0.05, 0) is 76.4 Å². The van der Waals surface area contributed by atoms with Gasteiger partial charge in [0.25, 0.3) is 0 Å². The highest BCUT2D eigenvalue weighted by Crippen LogP contribution is 2.49. The number of anilines is 2. The van der Waals surface area contributed by atoms with Crippen LogP contribution in [-0.4, -0.2) is 59.8 Å². The van der Waals surface area contributed by atoms with Crippen LogP contribution in [0.25, 0.3) is 10.9 Å². The van der Waals surface area contributed by atoms with Gasteiger partial charge in [0, 0.05) is 30.1 Å².